The molecule has 1 saturated carbocycles. The number of hydrogen-bond acceptors (Lipinski definition) is 8. The van der Waals surface area contributed by atoms with Crippen LogP contribution in [-0.2, 0) is 26.9 Å². The number of aliphatic hydroxyl groups is 1. The number of fused-ring (bicyclic) bond motifs is 1. The Labute approximate surface area is 195 Å². The Morgan fingerprint density at radius 2 is 2.00 bits per heavy atom. The monoisotopic (exact) mass is 495 g/mol. The molecule has 5 rings (SSSR count). The van der Waals surface area contributed by atoms with E-state index in [-0.39, 0.29) is 18.1 Å². The number of rotatable bonds is 5. The molecule has 2 aromatic heterocycles. The minimum Gasteiger partial charge on any atom is -0.394 e. The first-order valence-electron chi connectivity index (χ1n) is 10.9. The zero-order valence-corrected chi connectivity index (χ0v) is 20.0. The van der Waals surface area contributed by atoms with Gasteiger partial charge in [-0.25, -0.2) is 19.2 Å². The normalized spacial score (nSPS) is 28.6. The van der Waals surface area contributed by atoms with Crippen molar-refractivity contribution in [1.82, 2.24) is 15.0 Å². The van der Waals surface area contributed by atoms with Crippen LogP contribution in [-0.4, -0.2) is 57.9 Å². The average Bonchev–Trinajstić information content (AvgIpc) is 3.12. The third-order valence-electron chi connectivity index (χ3n) is 6.63. The van der Waals surface area contributed by atoms with E-state index in [9.17, 15) is 13.5 Å². The summed E-state index contributed by atoms with van der Waals surface area (Å²) in [7, 11) is -3.57. The van der Waals surface area contributed by atoms with Crippen LogP contribution < -0.4 is 5.32 Å². The molecule has 0 bridgehead atoms. The van der Waals surface area contributed by atoms with E-state index >= 15 is 0 Å². The van der Waals surface area contributed by atoms with Gasteiger partial charge in [0.1, 0.15) is 5.82 Å². The van der Waals surface area contributed by atoms with Gasteiger partial charge in [-0.15, -0.1) is 0 Å². The van der Waals surface area contributed by atoms with Gasteiger partial charge in [0.05, 0.1) is 54.0 Å². The largest absolute Gasteiger partial charge is 0.394 e. The summed E-state index contributed by atoms with van der Waals surface area (Å²) in [6.07, 6.45) is 7.96. The van der Waals surface area contributed by atoms with Crippen LogP contribution in [0.15, 0.2) is 27.7 Å². The lowest BCUT2D eigenvalue weighted by Crippen LogP contribution is -2.48. The van der Waals surface area contributed by atoms with Crippen LogP contribution in [0.3, 0.4) is 0 Å². The van der Waals surface area contributed by atoms with E-state index in [1.54, 1.807) is 18.5 Å². The fourth-order valence-corrected chi connectivity index (χ4v) is 8.16. The van der Waals surface area contributed by atoms with E-state index < -0.39 is 20.5 Å². The molecule has 0 amide bonds. The highest BCUT2D eigenvalue weighted by Gasteiger charge is 2.38. The molecule has 32 heavy (non-hydrogen) atoms. The zero-order chi connectivity index (χ0) is 22.3. The van der Waals surface area contributed by atoms with E-state index in [1.807, 2.05) is 0 Å². The van der Waals surface area contributed by atoms with Gasteiger partial charge in [0, 0.05) is 48.1 Å². The molecule has 3 aliphatic rings. The van der Waals surface area contributed by atoms with Gasteiger partial charge in [-0.05, 0) is 32.1 Å². The first-order chi connectivity index (χ1) is 15.4. The van der Waals surface area contributed by atoms with Gasteiger partial charge in [0.25, 0.3) is 0 Å². The number of pyridine rings is 1. The second-order valence-corrected chi connectivity index (χ2v) is 13.3. The van der Waals surface area contributed by atoms with E-state index in [0.717, 1.165) is 30.8 Å². The summed E-state index contributed by atoms with van der Waals surface area (Å²) in [6.45, 7) is 0.0219. The van der Waals surface area contributed by atoms with E-state index in [4.69, 9.17) is 11.6 Å². The van der Waals surface area contributed by atoms with Crippen LogP contribution in [0.4, 0.5) is 11.5 Å². The molecule has 2 aliphatic heterocycles. The minimum atomic E-state index is -2.45. The van der Waals surface area contributed by atoms with Gasteiger partial charge in [-0.3, -0.25) is 4.21 Å². The first-order valence-corrected chi connectivity index (χ1v) is 14.4. The summed E-state index contributed by atoms with van der Waals surface area (Å²) in [5.41, 5.74) is 1.09. The molecule has 172 valence electrons. The Morgan fingerprint density at radius 1 is 1.28 bits per heavy atom. The van der Waals surface area contributed by atoms with Gasteiger partial charge < -0.3 is 10.4 Å². The molecule has 0 aromatic carbocycles. The molecule has 8 nitrogen and oxygen atoms in total. The number of hydrogen-bond donors (Lipinski definition) is 2. The van der Waals surface area contributed by atoms with Crippen LogP contribution in [0.2, 0.25) is 5.02 Å². The molecule has 1 atom stereocenters. The van der Waals surface area contributed by atoms with Gasteiger partial charge in [0.2, 0.25) is 0 Å². The molecular formula is C21H26ClN5O3S2. The maximum atomic E-state index is 13.5. The van der Waals surface area contributed by atoms with E-state index in [2.05, 4.69) is 24.6 Å². The maximum absolute atomic E-state index is 13.5. The van der Waals surface area contributed by atoms with E-state index in [0.29, 0.717) is 57.9 Å². The Hall–Kier alpha value is -1.62. The van der Waals surface area contributed by atoms with Crippen molar-refractivity contribution in [2.45, 2.75) is 54.9 Å². The predicted octanol–water partition coefficient (Wildman–Crippen LogP) is 3.19. The van der Waals surface area contributed by atoms with Crippen LogP contribution in [0, 0.1) is 0 Å². The van der Waals surface area contributed by atoms with Gasteiger partial charge in [-0.1, -0.05) is 11.6 Å². The van der Waals surface area contributed by atoms with Crippen molar-refractivity contribution in [3.05, 3.63) is 35.0 Å². The lowest BCUT2D eigenvalue weighted by atomic mass is 9.77. The van der Waals surface area contributed by atoms with Crippen LogP contribution in [0.1, 0.15) is 49.5 Å². The summed E-state index contributed by atoms with van der Waals surface area (Å²) in [4.78, 5) is 13.9. The molecular weight excluding hydrogens is 470 g/mol. The third kappa shape index (κ3) is 4.30. The lowest BCUT2D eigenvalue weighted by molar-refractivity contribution is 0.144. The van der Waals surface area contributed by atoms with Crippen LogP contribution in [0.25, 0.3) is 0 Å². The second-order valence-electron chi connectivity index (χ2n) is 8.83. The summed E-state index contributed by atoms with van der Waals surface area (Å²) >= 11 is 5.88. The number of anilines is 1. The molecule has 1 saturated heterocycles. The van der Waals surface area contributed by atoms with Crippen LogP contribution in [0.5, 0.6) is 0 Å². The topological polar surface area (TPSA) is 117 Å². The van der Waals surface area contributed by atoms with Crippen molar-refractivity contribution in [1.29, 1.82) is 0 Å². The Kier molecular flexibility index (Phi) is 5.98. The van der Waals surface area contributed by atoms with Crippen molar-refractivity contribution in [3.63, 3.8) is 0 Å². The van der Waals surface area contributed by atoms with Crippen molar-refractivity contribution >= 4 is 43.6 Å². The Morgan fingerprint density at radius 3 is 2.62 bits per heavy atom. The molecule has 11 heteroatoms. The quantitative estimate of drug-likeness (QED) is 0.653. The lowest BCUT2D eigenvalue weighted by Gasteiger charge is -2.42. The first kappa shape index (κ1) is 22.2. The maximum Gasteiger partial charge on any atom is 0.163 e. The predicted molar refractivity (Wildman–Crippen MR) is 125 cm³/mol. The smallest absolute Gasteiger partial charge is 0.163 e. The fourth-order valence-electron chi connectivity index (χ4n) is 4.59. The molecule has 2 N–H and O–H groups in total. The second kappa shape index (κ2) is 8.62. The van der Waals surface area contributed by atoms with Gasteiger partial charge in [-0.2, -0.15) is 4.36 Å². The number of nitrogens with one attached hydrogen (secondary N) is 1. The fraction of sp³-hybridized carbons (Fsp3) is 0.571. The third-order valence-corrected chi connectivity index (χ3v) is 10.6. The Balaban J connectivity index is 1.41. The van der Waals surface area contributed by atoms with Crippen molar-refractivity contribution < 1.29 is 13.5 Å². The molecule has 2 fully saturated rings. The Bertz CT molecular complexity index is 1160. The summed E-state index contributed by atoms with van der Waals surface area (Å²) in [5, 5.41) is 13.8. The number of halogens is 1. The highest BCUT2D eigenvalue weighted by molar-refractivity contribution is 7.93. The van der Waals surface area contributed by atoms with Gasteiger partial charge >= 0.3 is 0 Å². The van der Waals surface area contributed by atoms with E-state index in [1.165, 1.54) is 0 Å². The molecule has 2 aromatic rings. The highest BCUT2D eigenvalue weighted by Crippen LogP contribution is 2.40. The van der Waals surface area contributed by atoms with Crippen molar-refractivity contribution in [2.75, 3.05) is 29.2 Å². The van der Waals surface area contributed by atoms with Crippen LogP contribution >= 0.6 is 11.6 Å². The number of aryl methyl sites for hydroxylation is 1. The van der Waals surface area contributed by atoms with Crippen molar-refractivity contribution in [3.8, 4) is 0 Å². The van der Waals surface area contributed by atoms with Gasteiger partial charge in [0.15, 0.2) is 5.82 Å². The minimum absolute atomic E-state index is 0.0219. The van der Waals surface area contributed by atoms with Crippen molar-refractivity contribution in [2.24, 2.45) is 4.36 Å². The average molecular weight is 496 g/mol. The summed E-state index contributed by atoms with van der Waals surface area (Å²) in [6, 6.07) is 1.76. The summed E-state index contributed by atoms with van der Waals surface area (Å²) in [5.74, 6) is 2.74. The molecule has 0 spiro atoms. The summed E-state index contributed by atoms with van der Waals surface area (Å²) < 4.78 is 30.7. The number of nitrogens with zero attached hydrogens (tertiary/aromatic N) is 4. The molecule has 1 unspecified atom stereocenters. The molecule has 4 heterocycles. The number of aromatic nitrogens is 3. The molecule has 0 radical (unpaired) electrons. The molecule has 1 aliphatic carbocycles. The highest BCUT2D eigenvalue weighted by atomic mass is 35.5. The SMILES string of the molecule is O=S1CCc2nc(N=S3(=O)CCC(c4ncc(Cl)cn4)CC3)cc(NC3(CO)CCC3)c21. The standard InChI is InChI=1S/C21H26ClN5O3S2/c22-15-11-23-20(24-12-15)14-3-8-32(30,9-4-14)27-18-10-17(26-21(13-28)5-1-6-21)19-16(25-18)2-7-31(19)29/h10-12,14,28H,1-9,13H2,(H,25,26). The number of aliphatic hydroxyl groups excluding tert-OH is 1. The zero-order valence-electron chi connectivity index (χ0n) is 17.6.